The Morgan fingerprint density at radius 2 is 1.76 bits per heavy atom. The van der Waals surface area contributed by atoms with E-state index < -0.39 is 0 Å². The van der Waals surface area contributed by atoms with E-state index in [0.717, 1.165) is 16.6 Å². The monoisotopic (exact) mass is 393 g/mol. The SMILES string of the molecule is COc1ccc(CNC(=O)c2cc(NC(C)=O)cc3nc(C)ccc23)cc1OC. The summed E-state index contributed by atoms with van der Waals surface area (Å²) in [6, 6.07) is 12.6. The molecule has 1 heterocycles. The lowest BCUT2D eigenvalue weighted by Crippen LogP contribution is -2.23. The predicted octanol–water partition coefficient (Wildman–Crippen LogP) is 3.45. The second-order valence-electron chi connectivity index (χ2n) is 6.60. The molecule has 7 heteroatoms. The van der Waals surface area contributed by atoms with Crippen molar-refractivity contribution in [1.29, 1.82) is 0 Å². The van der Waals surface area contributed by atoms with Gasteiger partial charge in [-0.15, -0.1) is 0 Å². The van der Waals surface area contributed by atoms with E-state index in [4.69, 9.17) is 9.47 Å². The van der Waals surface area contributed by atoms with Gasteiger partial charge in [-0.1, -0.05) is 12.1 Å². The van der Waals surface area contributed by atoms with Crippen LogP contribution in [0.25, 0.3) is 10.9 Å². The summed E-state index contributed by atoms with van der Waals surface area (Å²) in [4.78, 5) is 28.9. The summed E-state index contributed by atoms with van der Waals surface area (Å²) in [5.41, 5.74) is 3.31. The van der Waals surface area contributed by atoms with Gasteiger partial charge in [0.2, 0.25) is 5.91 Å². The van der Waals surface area contributed by atoms with Crippen molar-refractivity contribution in [1.82, 2.24) is 10.3 Å². The maximum Gasteiger partial charge on any atom is 0.252 e. The van der Waals surface area contributed by atoms with Crippen LogP contribution in [0.4, 0.5) is 5.69 Å². The molecule has 0 spiro atoms. The van der Waals surface area contributed by atoms with Crippen LogP contribution in [-0.2, 0) is 11.3 Å². The number of aromatic nitrogens is 1. The van der Waals surface area contributed by atoms with Crippen molar-refractivity contribution < 1.29 is 19.1 Å². The van der Waals surface area contributed by atoms with E-state index in [1.165, 1.54) is 6.92 Å². The van der Waals surface area contributed by atoms with E-state index in [1.54, 1.807) is 32.4 Å². The average Bonchev–Trinajstić information content (AvgIpc) is 2.70. The minimum atomic E-state index is -0.261. The molecule has 0 bridgehead atoms. The number of ether oxygens (including phenoxy) is 2. The van der Waals surface area contributed by atoms with Crippen LogP contribution in [0.3, 0.4) is 0 Å². The maximum atomic E-state index is 12.9. The second-order valence-corrected chi connectivity index (χ2v) is 6.60. The molecule has 150 valence electrons. The summed E-state index contributed by atoms with van der Waals surface area (Å²) in [7, 11) is 3.14. The molecule has 0 saturated heterocycles. The molecule has 2 aromatic carbocycles. The molecule has 29 heavy (non-hydrogen) atoms. The first kappa shape index (κ1) is 20.1. The van der Waals surface area contributed by atoms with Gasteiger partial charge in [-0.2, -0.15) is 0 Å². The van der Waals surface area contributed by atoms with Gasteiger partial charge in [-0.25, -0.2) is 0 Å². The summed E-state index contributed by atoms with van der Waals surface area (Å²) >= 11 is 0. The van der Waals surface area contributed by atoms with Crippen LogP contribution < -0.4 is 20.1 Å². The lowest BCUT2D eigenvalue weighted by atomic mass is 10.1. The molecule has 0 aliphatic carbocycles. The third-order valence-electron chi connectivity index (χ3n) is 4.41. The highest BCUT2D eigenvalue weighted by molar-refractivity contribution is 6.08. The van der Waals surface area contributed by atoms with Crippen molar-refractivity contribution in [3.63, 3.8) is 0 Å². The van der Waals surface area contributed by atoms with Crippen molar-refractivity contribution in [3.05, 3.63) is 59.3 Å². The van der Waals surface area contributed by atoms with Gasteiger partial charge in [0, 0.05) is 30.2 Å². The van der Waals surface area contributed by atoms with E-state index in [1.807, 2.05) is 31.2 Å². The first-order valence-electron chi connectivity index (χ1n) is 9.09. The number of aryl methyl sites for hydroxylation is 1. The van der Waals surface area contributed by atoms with E-state index in [2.05, 4.69) is 15.6 Å². The number of carbonyl (C=O) groups is 2. The Balaban J connectivity index is 1.89. The number of methoxy groups -OCH3 is 2. The molecule has 0 atom stereocenters. The van der Waals surface area contributed by atoms with Gasteiger partial charge in [0.25, 0.3) is 5.91 Å². The number of anilines is 1. The number of rotatable bonds is 6. The smallest absolute Gasteiger partial charge is 0.252 e. The number of hydrogen-bond acceptors (Lipinski definition) is 5. The molecule has 0 radical (unpaired) electrons. The Morgan fingerprint density at radius 3 is 2.45 bits per heavy atom. The summed E-state index contributed by atoms with van der Waals surface area (Å²) in [5.74, 6) is 0.742. The summed E-state index contributed by atoms with van der Waals surface area (Å²) in [5, 5.41) is 6.36. The van der Waals surface area contributed by atoms with Crippen molar-refractivity contribution in [2.24, 2.45) is 0 Å². The molecule has 0 fully saturated rings. The van der Waals surface area contributed by atoms with Gasteiger partial charge in [-0.3, -0.25) is 14.6 Å². The molecular weight excluding hydrogens is 370 g/mol. The molecule has 0 aliphatic heterocycles. The second kappa shape index (κ2) is 8.60. The molecular formula is C22H23N3O4. The molecule has 1 aromatic heterocycles. The van der Waals surface area contributed by atoms with Gasteiger partial charge < -0.3 is 20.1 Å². The Hall–Kier alpha value is -3.61. The van der Waals surface area contributed by atoms with Gasteiger partial charge in [0.1, 0.15) is 0 Å². The largest absolute Gasteiger partial charge is 0.493 e. The molecule has 2 N–H and O–H groups in total. The minimum Gasteiger partial charge on any atom is -0.493 e. The summed E-state index contributed by atoms with van der Waals surface area (Å²) in [6.45, 7) is 3.61. The van der Waals surface area contributed by atoms with Gasteiger partial charge >= 0.3 is 0 Å². The fraction of sp³-hybridized carbons (Fsp3) is 0.227. The van der Waals surface area contributed by atoms with E-state index >= 15 is 0 Å². The number of amides is 2. The minimum absolute atomic E-state index is 0.214. The number of nitrogens with one attached hydrogen (secondary N) is 2. The van der Waals surface area contributed by atoms with Gasteiger partial charge in [0.05, 0.1) is 25.3 Å². The van der Waals surface area contributed by atoms with Gasteiger partial charge in [-0.05, 0) is 42.8 Å². The number of nitrogens with zero attached hydrogens (tertiary/aromatic N) is 1. The van der Waals surface area contributed by atoms with Crippen molar-refractivity contribution in [3.8, 4) is 11.5 Å². The van der Waals surface area contributed by atoms with Crippen molar-refractivity contribution in [2.45, 2.75) is 20.4 Å². The third-order valence-corrected chi connectivity index (χ3v) is 4.41. The van der Waals surface area contributed by atoms with Crippen LogP contribution in [0.15, 0.2) is 42.5 Å². The fourth-order valence-corrected chi connectivity index (χ4v) is 3.07. The van der Waals surface area contributed by atoms with E-state index in [9.17, 15) is 9.59 Å². The molecule has 0 saturated carbocycles. The Morgan fingerprint density at radius 1 is 1.00 bits per heavy atom. The molecule has 2 amide bonds. The third kappa shape index (κ3) is 4.63. The van der Waals surface area contributed by atoms with Crippen LogP contribution in [0.5, 0.6) is 11.5 Å². The zero-order valence-corrected chi connectivity index (χ0v) is 16.8. The summed E-state index contributed by atoms with van der Waals surface area (Å²) in [6.07, 6.45) is 0. The lowest BCUT2D eigenvalue weighted by molar-refractivity contribution is -0.114. The number of carbonyl (C=O) groups excluding carboxylic acids is 2. The topological polar surface area (TPSA) is 89.6 Å². The van der Waals surface area contributed by atoms with Crippen LogP contribution in [0, 0.1) is 6.92 Å². The Bertz CT molecular complexity index is 1080. The van der Waals surface area contributed by atoms with Crippen LogP contribution in [-0.4, -0.2) is 31.0 Å². The number of benzene rings is 2. The molecule has 3 rings (SSSR count). The highest BCUT2D eigenvalue weighted by Crippen LogP contribution is 2.28. The van der Waals surface area contributed by atoms with E-state index in [-0.39, 0.29) is 11.8 Å². The highest BCUT2D eigenvalue weighted by Gasteiger charge is 2.14. The fourth-order valence-electron chi connectivity index (χ4n) is 3.07. The van der Waals surface area contributed by atoms with E-state index in [0.29, 0.717) is 34.8 Å². The van der Waals surface area contributed by atoms with Crippen LogP contribution in [0.2, 0.25) is 0 Å². The lowest BCUT2D eigenvalue weighted by Gasteiger charge is -2.13. The quantitative estimate of drug-likeness (QED) is 0.670. The first-order valence-corrected chi connectivity index (χ1v) is 9.09. The number of hydrogen-bond donors (Lipinski definition) is 2. The normalized spacial score (nSPS) is 10.5. The molecule has 0 aliphatic rings. The first-order chi connectivity index (χ1) is 13.9. The zero-order chi connectivity index (χ0) is 21.0. The summed E-state index contributed by atoms with van der Waals surface area (Å²) < 4.78 is 10.5. The van der Waals surface area contributed by atoms with Crippen LogP contribution >= 0.6 is 0 Å². The highest BCUT2D eigenvalue weighted by atomic mass is 16.5. The Kier molecular flexibility index (Phi) is 5.97. The van der Waals surface area contributed by atoms with Crippen LogP contribution in [0.1, 0.15) is 28.5 Å². The number of fused-ring (bicyclic) bond motifs is 1. The number of pyridine rings is 1. The zero-order valence-electron chi connectivity index (χ0n) is 16.8. The Labute approximate surface area is 169 Å². The predicted molar refractivity (Wildman–Crippen MR) is 111 cm³/mol. The van der Waals surface area contributed by atoms with Gasteiger partial charge in [0.15, 0.2) is 11.5 Å². The molecule has 0 unspecified atom stereocenters. The average molecular weight is 393 g/mol. The van der Waals surface area contributed by atoms with Crippen molar-refractivity contribution >= 4 is 28.4 Å². The standard InChI is InChI=1S/C22H23N3O4/c1-13-5-7-17-18(10-16(25-14(2)26)11-19(17)24-13)22(27)23-12-15-6-8-20(28-3)21(9-15)29-4/h5-11H,12H2,1-4H3,(H,23,27)(H,25,26). The molecule has 7 nitrogen and oxygen atoms in total. The maximum absolute atomic E-state index is 12.9. The molecule has 3 aromatic rings. The van der Waals surface area contributed by atoms with Crippen molar-refractivity contribution in [2.75, 3.05) is 19.5 Å².